The van der Waals surface area contributed by atoms with E-state index in [4.69, 9.17) is 9.79 Å². The maximum absolute atomic E-state index is 9.81. The van der Waals surface area contributed by atoms with Gasteiger partial charge < -0.3 is 22.1 Å². The van der Waals surface area contributed by atoms with Crippen LogP contribution in [0, 0.1) is 0 Å². The molecule has 0 saturated carbocycles. The van der Waals surface area contributed by atoms with Crippen LogP contribution in [-0.4, -0.2) is 16.4 Å². The summed E-state index contributed by atoms with van der Waals surface area (Å²) in [6, 6.07) is 0. The Labute approximate surface area is 59.3 Å². The topological polar surface area (TPSA) is 137 Å². The van der Waals surface area contributed by atoms with E-state index in [2.05, 4.69) is 11.1 Å². The van der Waals surface area contributed by atoms with Crippen LogP contribution in [0.3, 0.4) is 0 Å². The Bertz CT molecular complexity index is 122. The van der Waals surface area contributed by atoms with E-state index in [0.717, 1.165) is 0 Å². The van der Waals surface area contributed by atoms with Gasteiger partial charge in [0.05, 0.1) is 6.61 Å². The van der Waals surface area contributed by atoms with E-state index in [1.54, 1.807) is 0 Å². The molecule has 0 aromatic heterocycles. The van der Waals surface area contributed by atoms with Gasteiger partial charge in [-0.15, -0.1) is 6.58 Å². The fourth-order valence-electron chi connectivity index (χ4n) is 0.150. The summed E-state index contributed by atoms with van der Waals surface area (Å²) in [4.78, 5) is 16.0. The van der Waals surface area contributed by atoms with Crippen LogP contribution < -0.4 is 12.3 Å². The predicted molar refractivity (Wildman–Crippen MR) is 38.2 cm³/mol. The van der Waals surface area contributed by atoms with E-state index in [-0.39, 0.29) is 18.9 Å². The van der Waals surface area contributed by atoms with Crippen molar-refractivity contribution in [2.24, 2.45) is 0 Å². The average Bonchev–Trinajstić information content (AvgIpc) is 1.59. The lowest BCUT2D eigenvalue weighted by Crippen LogP contribution is -1.86. The van der Waals surface area contributed by atoms with Crippen LogP contribution in [0.15, 0.2) is 12.7 Å². The van der Waals surface area contributed by atoms with Crippen LogP contribution in [-0.2, 0) is 9.09 Å². The molecule has 0 bridgehead atoms. The molecule has 0 aliphatic heterocycles. The maximum Gasteiger partial charge on any atom is 0.469 e. The van der Waals surface area contributed by atoms with Crippen LogP contribution in [0.2, 0.25) is 0 Å². The fraction of sp³-hybridized carbons (Fsp3) is 0.333. The van der Waals surface area contributed by atoms with Crippen LogP contribution in [0.1, 0.15) is 0 Å². The van der Waals surface area contributed by atoms with E-state index in [1.165, 1.54) is 6.08 Å². The van der Waals surface area contributed by atoms with Crippen LogP contribution in [0.4, 0.5) is 0 Å². The summed E-state index contributed by atoms with van der Waals surface area (Å²) in [6.07, 6.45) is 1.26. The smallest absolute Gasteiger partial charge is 0.344 e. The summed E-state index contributed by atoms with van der Waals surface area (Å²) < 4.78 is 13.7. The summed E-state index contributed by atoms with van der Waals surface area (Å²) >= 11 is 0. The second kappa shape index (κ2) is 6.88. The number of phosphoric ester groups is 1. The van der Waals surface area contributed by atoms with Gasteiger partial charge in [-0.2, -0.15) is 0 Å². The quantitative estimate of drug-likeness (QED) is 0.363. The number of hydrogen-bond donors (Lipinski definition) is 4. The first-order chi connectivity index (χ1) is 3.56. The molecule has 0 heterocycles. The molecule has 0 amide bonds. The van der Waals surface area contributed by atoms with E-state index >= 15 is 0 Å². The summed E-state index contributed by atoms with van der Waals surface area (Å²) in [5.74, 6) is 0. The molecule has 0 fully saturated rings. The van der Waals surface area contributed by atoms with Gasteiger partial charge in [0, 0.05) is 0 Å². The largest absolute Gasteiger partial charge is 0.469 e. The monoisotopic (exact) mass is 172 g/mol. The first kappa shape index (κ1) is 16.4. The van der Waals surface area contributed by atoms with Crippen molar-refractivity contribution in [2.75, 3.05) is 6.61 Å². The van der Waals surface area contributed by atoms with Crippen LogP contribution >= 0.6 is 7.82 Å². The minimum absolute atomic E-state index is 0. The van der Waals surface area contributed by atoms with Crippen molar-refractivity contribution in [1.29, 1.82) is 0 Å². The highest BCUT2D eigenvalue weighted by molar-refractivity contribution is 7.46. The summed E-state index contributed by atoms with van der Waals surface area (Å²) in [5, 5.41) is 0. The maximum atomic E-state index is 9.81. The van der Waals surface area contributed by atoms with Crippen molar-refractivity contribution in [2.45, 2.75) is 0 Å². The van der Waals surface area contributed by atoms with Crippen molar-refractivity contribution in [3.63, 3.8) is 0 Å². The molecule has 10 heavy (non-hydrogen) atoms. The highest BCUT2D eigenvalue weighted by atomic mass is 31.2. The average molecular weight is 172 g/mol. The lowest BCUT2D eigenvalue weighted by Gasteiger charge is -1.98. The predicted octanol–water partition coefficient (Wildman–Crippen LogP) is 0.606. The second-order valence-electron chi connectivity index (χ2n) is 1.08. The molecule has 64 valence electrons. The van der Waals surface area contributed by atoms with Crippen molar-refractivity contribution < 1.29 is 18.9 Å². The Hall–Kier alpha value is -0.230. The molecule has 0 aliphatic rings. The third-order valence-corrected chi connectivity index (χ3v) is 0.846. The minimum Gasteiger partial charge on any atom is -0.344 e. The van der Waals surface area contributed by atoms with Crippen LogP contribution in [0.5, 0.6) is 0 Å². The molecule has 0 radical (unpaired) electrons. The standard InChI is InChI=1S/C3H7O4P.2H3N/c1-2-3-7-8(4,5)6;;/h2H,1,3H2,(H2,4,5,6);2*1H3. The molecule has 0 unspecified atom stereocenters. The lowest BCUT2D eigenvalue weighted by molar-refractivity contribution is 0.216. The van der Waals surface area contributed by atoms with E-state index < -0.39 is 7.82 Å². The van der Waals surface area contributed by atoms with Gasteiger partial charge in [0.1, 0.15) is 0 Å². The molecular formula is C3H13N2O4P. The van der Waals surface area contributed by atoms with Gasteiger partial charge in [-0.25, -0.2) is 4.57 Å². The highest BCUT2D eigenvalue weighted by Crippen LogP contribution is 2.35. The summed E-state index contributed by atoms with van der Waals surface area (Å²) in [6.45, 7) is 3.07. The van der Waals surface area contributed by atoms with Crippen LogP contribution in [0.25, 0.3) is 0 Å². The van der Waals surface area contributed by atoms with Crippen molar-refractivity contribution in [1.82, 2.24) is 12.3 Å². The molecule has 0 aromatic rings. The molecule has 7 heteroatoms. The molecular weight excluding hydrogens is 159 g/mol. The van der Waals surface area contributed by atoms with Gasteiger partial charge in [-0.3, -0.25) is 4.52 Å². The van der Waals surface area contributed by atoms with Gasteiger partial charge in [0.15, 0.2) is 0 Å². The Balaban J connectivity index is -0.000000245. The molecule has 8 N–H and O–H groups in total. The van der Waals surface area contributed by atoms with Gasteiger partial charge in [0.2, 0.25) is 0 Å². The zero-order valence-corrected chi connectivity index (χ0v) is 6.46. The molecule has 0 saturated heterocycles. The van der Waals surface area contributed by atoms with E-state index in [1.807, 2.05) is 0 Å². The third kappa shape index (κ3) is 15.7. The van der Waals surface area contributed by atoms with Crippen molar-refractivity contribution in [3.8, 4) is 0 Å². The minimum atomic E-state index is -4.25. The second-order valence-corrected chi connectivity index (χ2v) is 2.31. The third-order valence-electron chi connectivity index (χ3n) is 0.361. The van der Waals surface area contributed by atoms with E-state index in [0.29, 0.717) is 0 Å². The first-order valence-corrected chi connectivity index (χ1v) is 3.40. The summed E-state index contributed by atoms with van der Waals surface area (Å²) in [7, 11) is -4.25. The Morgan fingerprint density at radius 3 is 2.00 bits per heavy atom. The van der Waals surface area contributed by atoms with Gasteiger partial charge in [0.25, 0.3) is 0 Å². The molecule has 0 aliphatic carbocycles. The number of hydrogen-bond acceptors (Lipinski definition) is 4. The number of rotatable bonds is 3. The van der Waals surface area contributed by atoms with Gasteiger partial charge in [-0.1, -0.05) is 6.08 Å². The normalized spacial score (nSPS) is 9.00. The molecule has 0 rings (SSSR count). The first-order valence-electron chi connectivity index (χ1n) is 1.87. The van der Waals surface area contributed by atoms with Gasteiger partial charge >= 0.3 is 7.82 Å². The molecule has 0 atom stereocenters. The van der Waals surface area contributed by atoms with Crippen molar-refractivity contribution in [3.05, 3.63) is 12.7 Å². The Kier molecular flexibility index (Phi) is 11.3. The zero-order chi connectivity index (χ0) is 6.62. The Morgan fingerprint density at radius 2 is 1.90 bits per heavy atom. The zero-order valence-electron chi connectivity index (χ0n) is 5.56. The molecule has 0 spiro atoms. The molecule has 6 nitrogen and oxygen atoms in total. The molecule has 0 aromatic carbocycles. The Morgan fingerprint density at radius 1 is 1.50 bits per heavy atom. The summed E-state index contributed by atoms with van der Waals surface area (Å²) in [5.41, 5.74) is 0. The van der Waals surface area contributed by atoms with E-state index in [9.17, 15) is 4.57 Å². The van der Waals surface area contributed by atoms with Gasteiger partial charge in [-0.05, 0) is 0 Å². The SMILES string of the molecule is C=CCOP(=O)(O)O.N.N. The highest BCUT2D eigenvalue weighted by Gasteiger charge is 2.10. The van der Waals surface area contributed by atoms with Crippen molar-refractivity contribution >= 4 is 7.82 Å². The lowest BCUT2D eigenvalue weighted by atomic mass is 10.7. The fourth-order valence-corrected chi connectivity index (χ4v) is 0.449. The number of phosphoric acid groups is 1.